The number of nitrogens with one attached hydrogen (secondary N) is 1. The van der Waals surface area contributed by atoms with Crippen LogP contribution in [-0.2, 0) is 9.53 Å². The minimum Gasteiger partial charge on any atom is -0.494 e. The summed E-state index contributed by atoms with van der Waals surface area (Å²) >= 11 is 3.19. The van der Waals surface area contributed by atoms with Crippen LogP contribution in [-0.4, -0.2) is 20.2 Å². The van der Waals surface area contributed by atoms with Gasteiger partial charge in [0.15, 0.2) is 11.6 Å². The van der Waals surface area contributed by atoms with Crippen molar-refractivity contribution >= 4 is 27.6 Å². The lowest BCUT2D eigenvalue weighted by atomic mass is 10.3. The Bertz CT molecular complexity index is 449. The maximum atomic E-state index is 13.3. The predicted octanol–water partition coefficient (Wildman–Crippen LogP) is 2.70. The van der Waals surface area contributed by atoms with Gasteiger partial charge in [-0.25, -0.2) is 9.18 Å². The van der Waals surface area contributed by atoms with Crippen molar-refractivity contribution in [1.82, 2.24) is 0 Å². The number of hydrogen-bond donors (Lipinski definition) is 1. The summed E-state index contributed by atoms with van der Waals surface area (Å²) in [6, 6.07) is 2.74. The Morgan fingerprint density at radius 3 is 2.76 bits per heavy atom. The molecule has 0 atom stereocenters. The molecule has 0 saturated heterocycles. The maximum Gasteiger partial charge on any atom is 0.331 e. The molecule has 0 aromatic heterocycles. The first-order valence-electron chi connectivity index (χ1n) is 4.62. The zero-order valence-electron chi connectivity index (χ0n) is 9.29. The molecule has 1 aromatic rings. The number of anilines is 1. The number of esters is 1. The van der Waals surface area contributed by atoms with Gasteiger partial charge in [0, 0.05) is 22.8 Å². The summed E-state index contributed by atoms with van der Waals surface area (Å²) in [4.78, 5) is 10.8. The van der Waals surface area contributed by atoms with Gasteiger partial charge in [-0.05, 0) is 22.0 Å². The van der Waals surface area contributed by atoms with Gasteiger partial charge >= 0.3 is 5.97 Å². The molecule has 0 aliphatic carbocycles. The molecule has 0 amide bonds. The zero-order chi connectivity index (χ0) is 12.8. The number of benzene rings is 1. The summed E-state index contributed by atoms with van der Waals surface area (Å²) < 4.78 is 23.0. The van der Waals surface area contributed by atoms with Crippen molar-refractivity contribution in [3.05, 3.63) is 34.7 Å². The Morgan fingerprint density at radius 2 is 2.18 bits per heavy atom. The summed E-state index contributed by atoms with van der Waals surface area (Å²) in [5.41, 5.74) is 0.573. The number of methoxy groups -OCH3 is 2. The van der Waals surface area contributed by atoms with Gasteiger partial charge in [-0.15, -0.1) is 0 Å². The largest absolute Gasteiger partial charge is 0.494 e. The van der Waals surface area contributed by atoms with E-state index in [9.17, 15) is 9.18 Å². The van der Waals surface area contributed by atoms with Crippen LogP contribution in [0.15, 0.2) is 28.9 Å². The van der Waals surface area contributed by atoms with E-state index in [0.29, 0.717) is 10.2 Å². The molecule has 0 spiro atoms. The third kappa shape index (κ3) is 3.74. The smallest absolute Gasteiger partial charge is 0.331 e. The van der Waals surface area contributed by atoms with E-state index in [1.165, 1.54) is 38.6 Å². The molecule has 4 nitrogen and oxygen atoms in total. The number of carbonyl (C=O) groups is 1. The lowest BCUT2D eigenvalue weighted by Crippen LogP contribution is -1.98. The van der Waals surface area contributed by atoms with Gasteiger partial charge < -0.3 is 14.8 Å². The van der Waals surface area contributed by atoms with Crippen molar-refractivity contribution in [3.63, 3.8) is 0 Å². The normalized spacial score (nSPS) is 10.4. The number of halogens is 2. The van der Waals surface area contributed by atoms with E-state index in [1.54, 1.807) is 0 Å². The fourth-order valence-corrected chi connectivity index (χ4v) is 1.49. The molecule has 0 fully saturated rings. The predicted molar refractivity (Wildman–Crippen MR) is 65.4 cm³/mol. The van der Waals surface area contributed by atoms with Gasteiger partial charge in [0.25, 0.3) is 0 Å². The molecule has 0 aliphatic heterocycles. The van der Waals surface area contributed by atoms with Crippen LogP contribution in [0, 0.1) is 5.82 Å². The fraction of sp³-hybridized carbons (Fsp3) is 0.182. The summed E-state index contributed by atoms with van der Waals surface area (Å²) in [5, 5.41) is 2.81. The quantitative estimate of drug-likeness (QED) is 0.686. The molecular weight excluding hydrogens is 293 g/mol. The Labute approximate surface area is 107 Å². The van der Waals surface area contributed by atoms with Crippen LogP contribution in [0.3, 0.4) is 0 Å². The number of carbonyl (C=O) groups excluding carboxylic acids is 1. The molecule has 0 aliphatic rings. The highest BCUT2D eigenvalue weighted by molar-refractivity contribution is 9.10. The molecule has 0 unspecified atom stereocenters. The monoisotopic (exact) mass is 303 g/mol. The summed E-state index contributed by atoms with van der Waals surface area (Å²) in [6.07, 6.45) is 2.60. The van der Waals surface area contributed by atoms with Crippen molar-refractivity contribution in [2.45, 2.75) is 0 Å². The second-order valence-electron chi connectivity index (χ2n) is 2.97. The molecule has 0 bridgehead atoms. The first-order chi connectivity index (χ1) is 8.08. The first kappa shape index (κ1) is 13.5. The van der Waals surface area contributed by atoms with Gasteiger partial charge in [0.1, 0.15) is 0 Å². The Balaban J connectivity index is 2.84. The van der Waals surface area contributed by atoms with E-state index in [1.807, 2.05) is 0 Å². The Hall–Kier alpha value is -1.56. The summed E-state index contributed by atoms with van der Waals surface area (Å²) in [6.45, 7) is 0. The van der Waals surface area contributed by atoms with Gasteiger partial charge in [-0.2, -0.15) is 0 Å². The second kappa shape index (κ2) is 6.24. The van der Waals surface area contributed by atoms with E-state index in [2.05, 4.69) is 26.0 Å². The minimum atomic E-state index is -0.484. The third-order valence-corrected chi connectivity index (χ3v) is 2.56. The molecule has 1 aromatic carbocycles. The molecule has 0 radical (unpaired) electrons. The maximum absolute atomic E-state index is 13.3. The lowest BCUT2D eigenvalue weighted by Gasteiger charge is -2.08. The van der Waals surface area contributed by atoms with E-state index >= 15 is 0 Å². The topological polar surface area (TPSA) is 47.6 Å². The van der Waals surface area contributed by atoms with E-state index in [0.717, 1.165) is 0 Å². The van der Waals surface area contributed by atoms with E-state index in [-0.39, 0.29) is 5.75 Å². The summed E-state index contributed by atoms with van der Waals surface area (Å²) in [5.74, 6) is -0.841. The van der Waals surface area contributed by atoms with Crippen LogP contribution < -0.4 is 10.1 Å². The van der Waals surface area contributed by atoms with Crippen molar-refractivity contribution in [2.75, 3.05) is 19.5 Å². The SMILES string of the molecule is COC(=O)C=CNc1cc(OC)c(F)cc1Br. The van der Waals surface area contributed by atoms with Crippen molar-refractivity contribution in [3.8, 4) is 5.75 Å². The molecule has 6 heteroatoms. The van der Waals surface area contributed by atoms with Crippen LogP contribution in [0.1, 0.15) is 0 Å². The Kier molecular flexibility index (Phi) is 4.96. The minimum absolute atomic E-state index is 0.113. The van der Waals surface area contributed by atoms with Gasteiger partial charge in [0.05, 0.1) is 19.9 Å². The van der Waals surface area contributed by atoms with Crippen molar-refractivity contribution in [2.24, 2.45) is 0 Å². The molecule has 17 heavy (non-hydrogen) atoms. The van der Waals surface area contributed by atoms with E-state index < -0.39 is 11.8 Å². The second-order valence-corrected chi connectivity index (χ2v) is 3.82. The highest BCUT2D eigenvalue weighted by atomic mass is 79.9. The Morgan fingerprint density at radius 1 is 1.47 bits per heavy atom. The zero-order valence-corrected chi connectivity index (χ0v) is 10.9. The number of ether oxygens (including phenoxy) is 2. The third-order valence-electron chi connectivity index (χ3n) is 1.90. The fourth-order valence-electron chi connectivity index (χ4n) is 1.06. The molecule has 92 valence electrons. The number of rotatable bonds is 4. The van der Waals surface area contributed by atoms with Gasteiger partial charge in [-0.1, -0.05) is 0 Å². The van der Waals surface area contributed by atoms with Crippen molar-refractivity contribution < 1.29 is 18.7 Å². The van der Waals surface area contributed by atoms with Crippen molar-refractivity contribution in [1.29, 1.82) is 0 Å². The molecule has 0 saturated carbocycles. The molecular formula is C11H11BrFNO3. The summed E-state index contributed by atoms with van der Waals surface area (Å²) in [7, 11) is 2.66. The molecule has 1 N–H and O–H groups in total. The van der Waals surface area contributed by atoms with Crippen LogP contribution in [0.2, 0.25) is 0 Å². The standard InChI is InChI=1S/C11H11BrFNO3/c1-16-10-6-9(7(12)5-8(10)13)14-4-3-11(15)17-2/h3-6,14H,1-2H3. The van der Waals surface area contributed by atoms with E-state index in [4.69, 9.17) is 4.74 Å². The average molecular weight is 304 g/mol. The average Bonchev–Trinajstić information content (AvgIpc) is 2.31. The highest BCUT2D eigenvalue weighted by Gasteiger charge is 2.07. The first-order valence-corrected chi connectivity index (χ1v) is 5.42. The van der Waals surface area contributed by atoms with Gasteiger partial charge in [0.2, 0.25) is 0 Å². The lowest BCUT2D eigenvalue weighted by molar-refractivity contribution is -0.134. The molecule has 1 rings (SSSR count). The van der Waals surface area contributed by atoms with Crippen LogP contribution in [0.4, 0.5) is 10.1 Å². The van der Waals surface area contributed by atoms with Crippen LogP contribution in [0.25, 0.3) is 0 Å². The van der Waals surface area contributed by atoms with Gasteiger partial charge in [-0.3, -0.25) is 0 Å². The van der Waals surface area contributed by atoms with Crippen LogP contribution in [0.5, 0.6) is 5.75 Å². The van der Waals surface area contributed by atoms with Crippen LogP contribution >= 0.6 is 15.9 Å². The molecule has 0 heterocycles. The number of hydrogen-bond acceptors (Lipinski definition) is 4. The highest BCUT2D eigenvalue weighted by Crippen LogP contribution is 2.30.